The van der Waals surface area contributed by atoms with Crippen molar-refractivity contribution in [2.24, 2.45) is 13.0 Å². The first kappa shape index (κ1) is 15.9. The minimum Gasteiger partial charge on any atom is -0.358 e. The number of hydrogen-bond donors (Lipinski definition) is 0. The maximum atomic E-state index is 4.50. The van der Waals surface area contributed by atoms with Gasteiger partial charge in [-0.05, 0) is 54.9 Å². The largest absolute Gasteiger partial charge is 0.358 e. The summed E-state index contributed by atoms with van der Waals surface area (Å²) in [6.07, 6.45) is 6.53. The van der Waals surface area contributed by atoms with E-state index in [1.54, 1.807) is 0 Å². The summed E-state index contributed by atoms with van der Waals surface area (Å²) in [6.45, 7) is 2.04. The van der Waals surface area contributed by atoms with E-state index in [1.165, 1.54) is 23.0 Å². The predicted molar refractivity (Wildman–Crippen MR) is 93.2 cm³/mol. The molecule has 4 rings (SSSR count). The molecule has 0 aromatic carbocycles. The summed E-state index contributed by atoms with van der Waals surface area (Å²) in [6, 6.07) is 4.24. The van der Waals surface area contributed by atoms with Crippen LogP contribution in [0.1, 0.15) is 24.4 Å². The molecular formula is C16H23N9. The molecule has 0 amide bonds. The van der Waals surface area contributed by atoms with Crippen LogP contribution in [-0.4, -0.2) is 67.1 Å². The van der Waals surface area contributed by atoms with E-state index < -0.39 is 0 Å². The van der Waals surface area contributed by atoms with Crippen LogP contribution >= 0.6 is 0 Å². The summed E-state index contributed by atoms with van der Waals surface area (Å²) in [7, 11) is 6.25. The summed E-state index contributed by atoms with van der Waals surface area (Å²) in [5.74, 6) is 1.39. The van der Waals surface area contributed by atoms with E-state index in [1.807, 2.05) is 30.1 Å². The van der Waals surface area contributed by atoms with E-state index in [2.05, 4.69) is 55.8 Å². The minimum absolute atomic E-state index is 0.377. The highest BCUT2D eigenvalue weighted by Crippen LogP contribution is 2.35. The number of aryl methyl sites for hydroxylation is 1. The fourth-order valence-electron chi connectivity index (χ4n) is 3.86. The second kappa shape index (κ2) is 6.40. The highest BCUT2D eigenvalue weighted by atomic mass is 15.6. The lowest BCUT2D eigenvalue weighted by molar-refractivity contribution is 0.124. The van der Waals surface area contributed by atoms with Crippen molar-refractivity contribution in [2.75, 3.05) is 32.1 Å². The molecule has 3 aromatic heterocycles. The van der Waals surface area contributed by atoms with Gasteiger partial charge in [-0.3, -0.25) is 9.58 Å². The Morgan fingerprint density at radius 2 is 2.16 bits per heavy atom. The second-order valence-electron chi connectivity index (χ2n) is 6.87. The van der Waals surface area contributed by atoms with Gasteiger partial charge in [0.1, 0.15) is 0 Å². The summed E-state index contributed by atoms with van der Waals surface area (Å²) >= 11 is 0. The molecule has 0 spiro atoms. The lowest BCUT2D eigenvalue weighted by Gasteiger charge is -2.40. The Kier molecular flexibility index (Phi) is 4.08. The number of nitrogens with zero attached hydrogens (tertiary/aromatic N) is 9. The third kappa shape index (κ3) is 3.07. The molecule has 0 bridgehead atoms. The molecule has 0 radical (unpaired) electrons. The molecule has 3 aromatic rings. The number of rotatable bonds is 4. The van der Waals surface area contributed by atoms with Gasteiger partial charge in [-0.15, -0.1) is 14.8 Å². The molecule has 0 unspecified atom stereocenters. The van der Waals surface area contributed by atoms with E-state index in [-0.39, 0.29) is 0 Å². The van der Waals surface area contributed by atoms with Crippen molar-refractivity contribution in [3.8, 4) is 0 Å². The highest BCUT2D eigenvalue weighted by Gasteiger charge is 2.32. The van der Waals surface area contributed by atoms with Crippen molar-refractivity contribution < 1.29 is 0 Å². The molecule has 25 heavy (non-hydrogen) atoms. The number of likely N-dealkylation sites (tertiary alicyclic amines) is 1. The fourth-order valence-corrected chi connectivity index (χ4v) is 3.86. The first-order valence-electron chi connectivity index (χ1n) is 8.57. The Balaban J connectivity index is 1.56. The third-order valence-corrected chi connectivity index (χ3v) is 5.03. The zero-order valence-corrected chi connectivity index (χ0v) is 14.8. The maximum Gasteiger partial charge on any atom is 0.200 e. The van der Waals surface area contributed by atoms with Crippen LogP contribution < -0.4 is 4.90 Å². The summed E-state index contributed by atoms with van der Waals surface area (Å²) in [5, 5.41) is 20.3. The molecule has 9 nitrogen and oxygen atoms in total. The SMILES string of the molecule is CN(C[C@@H]1CCCN(C)[C@H]1c1cnn(C)c1)c1ccc2nnnn2n1. The quantitative estimate of drug-likeness (QED) is 0.693. The molecule has 132 valence electrons. The van der Waals surface area contributed by atoms with Crippen LogP contribution in [0.2, 0.25) is 0 Å². The van der Waals surface area contributed by atoms with Gasteiger partial charge in [-0.25, -0.2) is 0 Å². The molecule has 0 aliphatic carbocycles. The monoisotopic (exact) mass is 341 g/mol. The number of piperidine rings is 1. The van der Waals surface area contributed by atoms with E-state index in [4.69, 9.17) is 0 Å². The molecule has 4 heterocycles. The molecule has 0 N–H and O–H groups in total. The van der Waals surface area contributed by atoms with Crippen molar-refractivity contribution in [1.29, 1.82) is 0 Å². The molecule has 9 heteroatoms. The Hall–Kier alpha value is -2.55. The summed E-state index contributed by atoms with van der Waals surface area (Å²) in [4.78, 5) is 4.63. The van der Waals surface area contributed by atoms with Gasteiger partial charge >= 0.3 is 0 Å². The van der Waals surface area contributed by atoms with Gasteiger partial charge in [-0.2, -0.15) is 5.10 Å². The van der Waals surface area contributed by atoms with Crippen LogP contribution in [0, 0.1) is 5.92 Å². The van der Waals surface area contributed by atoms with Gasteiger partial charge in [0.25, 0.3) is 0 Å². The Labute approximate surface area is 146 Å². The van der Waals surface area contributed by atoms with Gasteiger partial charge in [0.05, 0.1) is 6.20 Å². The average Bonchev–Trinajstić information content (AvgIpc) is 3.23. The molecule has 1 aliphatic heterocycles. The van der Waals surface area contributed by atoms with Gasteiger partial charge in [0.15, 0.2) is 11.5 Å². The van der Waals surface area contributed by atoms with Crippen LogP contribution in [-0.2, 0) is 7.05 Å². The maximum absolute atomic E-state index is 4.50. The van der Waals surface area contributed by atoms with Gasteiger partial charge < -0.3 is 4.90 Å². The van der Waals surface area contributed by atoms with Crippen molar-refractivity contribution >= 4 is 11.5 Å². The van der Waals surface area contributed by atoms with Crippen LogP contribution in [0.5, 0.6) is 0 Å². The Bertz CT molecular complexity index is 854. The summed E-state index contributed by atoms with van der Waals surface area (Å²) in [5.41, 5.74) is 1.94. The number of anilines is 1. The van der Waals surface area contributed by atoms with E-state index in [0.717, 1.165) is 18.9 Å². The van der Waals surface area contributed by atoms with Crippen LogP contribution in [0.15, 0.2) is 24.5 Å². The zero-order chi connectivity index (χ0) is 17.4. The molecule has 0 saturated carbocycles. The normalized spacial score (nSPS) is 21.7. The first-order valence-corrected chi connectivity index (χ1v) is 8.57. The molecular weight excluding hydrogens is 318 g/mol. The van der Waals surface area contributed by atoms with Crippen LogP contribution in [0.4, 0.5) is 5.82 Å². The van der Waals surface area contributed by atoms with Crippen LogP contribution in [0.3, 0.4) is 0 Å². The van der Waals surface area contributed by atoms with E-state index in [9.17, 15) is 0 Å². The van der Waals surface area contributed by atoms with Gasteiger partial charge in [-0.1, -0.05) is 0 Å². The summed E-state index contributed by atoms with van der Waals surface area (Å²) < 4.78 is 3.35. The average molecular weight is 341 g/mol. The lowest BCUT2D eigenvalue weighted by atomic mass is 9.86. The standard InChI is InChI=1S/C16H23N9/c1-22-8-4-5-12(16(22)13-9-17-24(3)11-13)10-23(2)15-7-6-14-18-20-21-25(14)19-15/h6-7,9,11-12,16H,4-5,8,10H2,1-3H3/t12-,16+/m0/s1. The van der Waals surface area contributed by atoms with Gasteiger partial charge in [0, 0.05) is 38.4 Å². The van der Waals surface area contributed by atoms with E-state index in [0.29, 0.717) is 17.6 Å². The smallest absolute Gasteiger partial charge is 0.200 e. The van der Waals surface area contributed by atoms with Gasteiger partial charge in [0.2, 0.25) is 0 Å². The first-order chi connectivity index (χ1) is 12.1. The fraction of sp³-hybridized carbons (Fsp3) is 0.562. The second-order valence-corrected chi connectivity index (χ2v) is 6.87. The Morgan fingerprint density at radius 1 is 1.28 bits per heavy atom. The molecule has 1 fully saturated rings. The molecule has 1 saturated heterocycles. The van der Waals surface area contributed by atoms with Crippen molar-refractivity contribution in [3.63, 3.8) is 0 Å². The van der Waals surface area contributed by atoms with Crippen LogP contribution in [0.25, 0.3) is 5.65 Å². The minimum atomic E-state index is 0.377. The highest BCUT2D eigenvalue weighted by molar-refractivity contribution is 5.43. The molecule has 2 atom stereocenters. The Morgan fingerprint density at radius 3 is 2.96 bits per heavy atom. The van der Waals surface area contributed by atoms with E-state index >= 15 is 0 Å². The number of tetrazole rings is 1. The number of hydrogen-bond acceptors (Lipinski definition) is 7. The topological polar surface area (TPSA) is 80.3 Å². The van der Waals surface area contributed by atoms with Crippen molar-refractivity contribution in [1.82, 2.24) is 39.9 Å². The number of fused-ring (bicyclic) bond motifs is 1. The van der Waals surface area contributed by atoms with Crippen molar-refractivity contribution in [2.45, 2.75) is 18.9 Å². The van der Waals surface area contributed by atoms with Crippen molar-refractivity contribution in [3.05, 3.63) is 30.1 Å². The number of aromatic nitrogens is 7. The third-order valence-electron chi connectivity index (χ3n) is 5.03. The molecule has 1 aliphatic rings. The lowest BCUT2D eigenvalue weighted by Crippen LogP contribution is -2.41. The predicted octanol–water partition coefficient (Wildman–Crippen LogP) is 0.772. The zero-order valence-electron chi connectivity index (χ0n) is 14.8.